The van der Waals surface area contributed by atoms with Gasteiger partial charge in [0.25, 0.3) is 0 Å². The van der Waals surface area contributed by atoms with Crippen LogP contribution in [-0.4, -0.2) is 6.10 Å². The van der Waals surface area contributed by atoms with Crippen molar-refractivity contribution in [2.24, 2.45) is 0 Å². The molecule has 2 heteroatoms. The summed E-state index contributed by atoms with van der Waals surface area (Å²) in [5, 5.41) is 0. The molecule has 0 spiro atoms. The van der Waals surface area contributed by atoms with E-state index in [2.05, 4.69) is 43.3 Å². The molecular formula is C23H24O2. The fourth-order valence-corrected chi connectivity index (χ4v) is 2.89. The highest BCUT2D eigenvalue weighted by Gasteiger charge is 2.39. The van der Waals surface area contributed by atoms with Crippen LogP contribution in [0.15, 0.2) is 91.0 Å². The second-order valence-corrected chi connectivity index (χ2v) is 6.18. The Morgan fingerprint density at radius 1 is 0.680 bits per heavy atom. The molecule has 1 atom stereocenters. The topological polar surface area (TPSA) is 18.5 Å². The second-order valence-electron chi connectivity index (χ2n) is 6.18. The van der Waals surface area contributed by atoms with Crippen LogP contribution in [0.25, 0.3) is 0 Å². The van der Waals surface area contributed by atoms with Crippen molar-refractivity contribution >= 4 is 0 Å². The number of hydrogen-bond acceptors (Lipinski definition) is 2. The van der Waals surface area contributed by atoms with Crippen molar-refractivity contribution in [3.63, 3.8) is 0 Å². The van der Waals surface area contributed by atoms with Crippen LogP contribution in [0.4, 0.5) is 0 Å². The lowest BCUT2D eigenvalue weighted by molar-refractivity contribution is -0.367. The molecule has 0 radical (unpaired) electrons. The zero-order valence-corrected chi connectivity index (χ0v) is 14.8. The lowest BCUT2D eigenvalue weighted by atomic mass is 9.80. The third-order valence-electron chi connectivity index (χ3n) is 4.45. The van der Waals surface area contributed by atoms with Crippen LogP contribution in [-0.2, 0) is 15.4 Å². The zero-order chi connectivity index (χ0) is 17.5. The smallest absolute Gasteiger partial charge is 0.178 e. The van der Waals surface area contributed by atoms with Crippen LogP contribution >= 0.6 is 0 Å². The van der Waals surface area contributed by atoms with Gasteiger partial charge in [0.15, 0.2) is 5.60 Å². The summed E-state index contributed by atoms with van der Waals surface area (Å²) in [6.07, 6.45) is 0.893. The number of hydrogen-bond donors (Lipinski definition) is 0. The van der Waals surface area contributed by atoms with E-state index >= 15 is 0 Å². The summed E-state index contributed by atoms with van der Waals surface area (Å²) >= 11 is 0. The standard InChI is InChI=1S/C23H24O2/c1-3-19(2)24-25-23(20-13-7-4-8-14-20,21-15-9-5-10-16-21)22-17-11-6-12-18-22/h4-19H,3H2,1-2H3. The molecule has 0 fully saturated rings. The first kappa shape index (κ1) is 17.4. The van der Waals surface area contributed by atoms with Gasteiger partial charge in [-0.15, -0.1) is 0 Å². The maximum atomic E-state index is 6.24. The summed E-state index contributed by atoms with van der Waals surface area (Å²) in [6.45, 7) is 4.11. The Balaban J connectivity index is 2.20. The molecule has 0 bridgehead atoms. The maximum Gasteiger partial charge on any atom is 0.178 e. The Kier molecular flexibility index (Phi) is 5.64. The molecule has 0 aromatic heterocycles. The molecular weight excluding hydrogens is 308 g/mol. The van der Waals surface area contributed by atoms with Crippen LogP contribution in [0, 0.1) is 0 Å². The molecule has 0 N–H and O–H groups in total. The fraction of sp³-hybridized carbons (Fsp3) is 0.217. The molecule has 0 aliphatic heterocycles. The average Bonchev–Trinajstić information content (AvgIpc) is 2.71. The highest BCUT2D eigenvalue weighted by Crippen LogP contribution is 2.40. The largest absolute Gasteiger partial charge is 0.232 e. The first-order valence-electron chi connectivity index (χ1n) is 8.78. The highest BCUT2D eigenvalue weighted by molar-refractivity contribution is 5.47. The number of rotatable bonds is 7. The van der Waals surface area contributed by atoms with Crippen molar-refractivity contribution in [1.82, 2.24) is 0 Å². The molecule has 3 rings (SSSR count). The van der Waals surface area contributed by atoms with E-state index < -0.39 is 5.60 Å². The SMILES string of the molecule is CCC(C)OOC(c1ccccc1)(c1ccccc1)c1ccccc1. The summed E-state index contributed by atoms with van der Waals surface area (Å²) in [4.78, 5) is 12.1. The van der Waals surface area contributed by atoms with Crippen LogP contribution in [0.2, 0.25) is 0 Å². The van der Waals surface area contributed by atoms with Gasteiger partial charge in [0, 0.05) is 0 Å². The van der Waals surface area contributed by atoms with E-state index in [0.29, 0.717) is 0 Å². The third kappa shape index (κ3) is 3.65. The minimum Gasteiger partial charge on any atom is -0.232 e. The predicted molar refractivity (Wildman–Crippen MR) is 101 cm³/mol. The predicted octanol–water partition coefficient (Wildman–Crippen LogP) is 5.73. The Morgan fingerprint density at radius 3 is 1.36 bits per heavy atom. The summed E-state index contributed by atoms with van der Waals surface area (Å²) in [7, 11) is 0. The second kappa shape index (κ2) is 8.11. The van der Waals surface area contributed by atoms with E-state index in [-0.39, 0.29) is 6.10 Å². The van der Waals surface area contributed by atoms with Gasteiger partial charge in [-0.2, -0.15) is 0 Å². The van der Waals surface area contributed by atoms with Crippen LogP contribution in [0.3, 0.4) is 0 Å². The van der Waals surface area contributed by atoms with Crippen molar-refractivity contribution in [3.8, 4) is 0 Å². The highest BCUT2D eigenvalue weighted by atomic mass is 17.2. The van der Waals surface area contributed by atoms with E-state index in [4.69, 9.17) is 9.78 Å². The molecule has 25 heavy (non-hydrogen) atoms. The molecule has 0 saturated carbocycles. The van der Waals surface area contributed by atoms with E-state index in [9.17, 15) is 0 Å². The van der Waals surface area contributed by atoms with Crippen molar-refractivity contribution in [2.45, 2.75) is 32.0 Å². The lowest BCUT2D eigenvalue weighted by Crippen LogP contribution is -2.34. The Labute approximate surface area is 150 Å². The van der Waals surface area contributed by atoms with E-state index in [0.717, 1.165) is 23.1 Å². The van der Waals surface area contributed by atoms with Gasteiger partial charge in [-0.3, -0.25) is 0 Å². The van der Waals surface area contributed by atoms with E-state index in [1.165, 1.54) is 0 Å². The van der Waals surface area contributed by atoms with Crippen molar-refractivity contribution in [2.75, 3.05) is 0 Å². The van der Waals surface area contributed by atoms with E-state index in [1.807, 2.05) is 61.5 Å². The molecule has 1 unspecified atom stereocenters. The maximum absolute atomic E-state index is 6.24. The molecule has 3 aromatic carbocycles. The Morgan fingerprint density at radius 2 is 1.04 bits per heavy atom. The number of benzene rings is 3. The van der Waals surface area contributed by atoms with E-state index in [1.54, 1.807) is 0 Å². The Bertz CT molecular complexity index is 657. The van der Waals surface area contributed by atoms with Crippen molar-refractivity contribution in [1.29, 1.82) is 0 Å². The lowest BCUT2D eigenvalue weighted by Gasteiger charge is -2.35. The van der Waals surface area contributed by atoms with Gasteiger partial charge in [0.1, 0.15) is 0 Å². The molecule has 0 aliphatic rings. The molecule has 0 saturated heterocycles. The van der Waals surface area contributed by atoms with Gasteiger partial charge >= 0.3 is 0 Å². The quantitative estimate of drug-likeness (QED) is 0.313. The van der Waals surface area contributed by atoms with Crippen LogP contribution < -0.4 is 0 Å². The summed E-state index contributed by atoms with van der Waals surface area (Å²) in [5.74, 6) is 0. The summed E-state index contributed by atoms with van der Waals surface area (Å²) in [5.41, 5.74) is 2.30. The average molecular weight is 332 g/mol. The van der Waals surface area contributed by atoms with Gasteiger partial charge < -0.3 is 0 Å². The molecule has 0 aliphatic carbocycles. The van der Waals surface area contributed by atoms with Gasteiger partial charge in [0.05, 0.1) is 6.10 Å². The van der Waals surface area contributed by atoms with Gasteiger partial charge in [0.2, 0.25) is 0 Å². The monoisotopic (exact) mass is 332 g/mol. The van der Waals surface area contributed by atoms with Gasteiger partial charge in [-0.05, 0) is 30.0 Å². The van der Waals surface area contributed by atoms with Crippen molar-refractivity contribution < 1.29 is 9.78 Å². The minimum absolute atomic E-state index is 0.00973. The van der Waals surface area contributed by atoms with Gasteiger partial charge in [-0.25, -0.2) is 9.78 Å². The summed E-state index contributed by atoms with van der Waals surface area (Å²) in [6, 6.07) is 30.7. The summed E-state index contributed by atoms with van der Waals surface area (Å²) < 4.78 is 0. The molecule has 3 aromatic rings. The fourth-order valence-electron chi connectivity index (χ4n) is 2.89. The zero-order valence-electron chi connectivity index (χ0n) is 14.8. The Hall–Kier alpha value is -2.42. The van der Waals surface area contributed by atoms with Crippen molar-refractivity contribution in [3.05, 3.63) is 108 Å². The first-order chi connectivity index (χ1) is 12.3. The molecule has 0 amide bonds. The van der Waals surface area contributed by atoms with Crippen LogP contribution in [0.5, 0.6) is 0 Å². The normalized spacial score (nSPS) is 12.7. The minimum atomic E-state index is -0.812. The molecule has 0 heterocycles. The molecule has 128 valence electrons. The van der Waals surface area contributed by atoms with Gasteiger partial charge in [-0.1, -0.05) is 97.9 Å². The first-order valence-corrected chi connectivity index (χ1v) is 8.78. The molecule has 2 nitrogen and oxygen atoms in total. The van der Waals surface area contributed by atoms with Crippen LogP contribution in [0.1, 0.15) is 37.0 Å². The third-order valence-corrected chi connectivity index (χ3v) is 4.45.